The Morgan fingerprint density at radius 2 is 2.04 bits per heavy atom. The first-order valence-corrected chi connectivity index (χ1v) is 8.97. The zero-order chi connectivity index (χ0) is 19.6. The maximum absolute atomic E-state index is 11.1. The van der Waals surface area contributed by atoms with E-state index in [9.17, 15) is 9.90 Å². The Labute approximate surface area is 156 Å². The van der Waals surface area contributed by atoms with Crippen molar-refractivity contribution in [3.8, 4) is 0 Å². The largest absolute Gasteiger partial charge is 0.455 e. The van der Waals surface area contributed by atoms with Crippen LogP contribution in [0.15, 0.2) is 72.4 Å². The normalized spacial score (nSPS) is 19.3. The van der Waals surface area contributed by atoms with Crippen molar-refractivity contribution in [2.75, 3.05) is 6.61 Å². The van der Waals surface area contributed by atoms with Gasteiger partial charge >= 0.3 is 5.97 Å². The first-order chi connectivity index (χ1) is 12.5. The van der Waals surface area contributed by atoms with Crippen molar-refractivity contribution in [2.45, 2.75) is 32.0 Å². The summed E-state index contributed by atoms with van der Waals surface area (Å²) in [6.07, 6.45) is 19.7. The zero-order valence-electron chi connectivity index (χ0n) is 14.7. The molecule has 26 heavy (non-hydrogen) atoms. The van der Waals surface area contributed by atoms with Crippen LogP contribution >= 0.6 is 9.03 Å². The van der Waals surface area contributed by atoms with Crippen LogP contribution in [0.4, 0.5) is 0 Å². The molecular formula is C19H27O6P. The lowest BCUT2D eigenvalue weighted by molar-refractivity contribution is -0.141. The van der Waals surface area contributed by atoms with Crippen molar-refractivity contribution in [1.29, 1.82) is 0 Å². The highest BCUT2D eigenvalue weighted by molar-refractivity contribution is 7.23. The van der Waals surface area contributed by atoms with Gasteiger partial charge in [0.1, 0.15) is 15.1 Å². The number of carbonyl (C=O) groups excluding carboxylic acids is 1. The molecule has 144 valence electrons. The molecule has 0 aliphatic carbocycles. The molecule has 0 aromatic rings. The summed E-state index contributed by atoms with van der Waals surface area (Å²) in [5, 5.41) is 18.4. The summed E-state index contributed by atoms with van der Waals surface area (Å²) < 4.78 is 5.13. The fraction of sp³-hybridized carbons (Fsp3) is 0.316. The quantitative estimate of drug-likeness (QED) is 0.291. The lowest BCUT2D eigenvalue weighted by Gasteiger charge is -2.14. The Bertz CT molecular complexity index is 560. The van der Waals surface area contributed by atoms with Gasteiger partial charge in [-0.15, -0.1) is 0 Å². The summed E-state index contributed by atoms with van der Waals surface area (Å²) in [6.45, 7) is 1.96. The molecule has 0 saturated carbocycles. The van der Waals surface area contributed by atoms with Crippen molar-refractivity contribution in [3.05, 3.63) is 72.4 Å². The highest BCUT2D eigenvalue weighted by Crippen LogP contribution is 2.10. The molecule has 1 heterocycles. The van der Waals surface area contributed by atoms with Crippen LogP contribution in [-0.2, 0) is 9.53 Å². The smallest absolute Gasteiger partial charge is 0.331 e. The summed E-state index contributed by atoms with van der Waals surface area (Å²) in [7, 11) is -0.917. The van der Waals surface area contributed by atoms with Gasteiger partial charge in [0.05, 0.1) is 12.7 Å². The van der Waals surface area contributed by atoms with Crippen molar-refractivity contribution in [3.63, 3.8) is 0 Å². The molecule has 2 atom stereocenters. The van der Waals surface area contributed by atoms with E-state index in [2.05, 4.69) is 0 Å². The average molecular weight is 382 g/mol. The number of cyclic esters (lactones) is 1. The molecule has 0 unspecified atom stereocenters. The van der Waals surface area contributed by atoms with Gasteiger partial charge in [0.25, 0.3) is 0 Å². The van der Waals surface area contributed by atoms with Gasteiger partial charge in [0, 0.05) is 12.5 Å². The Hall–Kier alpha value is -1.82. The van der Waals surface area contributed by atoms with E-state index < -0.39 is 15.1 Å². The topological polar surface area (TPSA) is 107 Å². The van der Waals surface area contributed by atoms with Crippen LogP contribution in [0.2, 0.25) is 0 Å². The third-order valence-corrected chi connectivity index (χ3v) is 3.05. The number of hydrogen-bond acceptors (Lipinski definition) is 6. The fourth-order valence-electron chi connectivity index (χ4n) is 1.83. The highest BCUT2D eigenvalue weighted by Gasteiger charge is 2.11. The Kier molecular flexibility index (Phi) is 15.5. The van der Waals surface area contributed by atoms with E-state index in [0.717, 1.165) is 5.57 Å². The van der Waals surface area contributed by atoms with E-state index in [0.29, 0.717) is 12.8 Å². The third-order valence-electron chi connectivity index (χ3n) is 3.05. The predicted octanol–water partition coefficient (Wildman–Crippen LogP) is 2.25. The maximum Gasteiger partial charge on any atom is 0.331 e. The van der Waals surface area contributed by atoms with Crippen molar-refractivity contribution in [2.24, 2.45) is 0 Å². The molecule has 0 fully saturated rings. The molecular weight excluding hydrogens is 355 g/mol. The third kappa shape index (κ3) is 14.5. The number of ether oxygens (including phenoxy) is 1. The first-order valence-electron chi connectivity index (χ1n) is 8.07. The minimum absolute atomic E-state index is 0.0185. The van der Waals surface area contributed by atoms with Crippen LogP contribution in [0.1, 0.15) is 19.8 Å². The van der Waals surface area contributed by atoms with Gasteiger partial charge in [-0.2, -0.15) is 0 Å². The van der Waals surface area contributed by atoms with E-state index in [-0.39, 0.29) is 18.7 Å². The number of carbonyl (C=O) groups is 1. The number of esters is 1. The number of allylic oxidation sites excluding steroid dienone is 6. The molecule has 6 nitrogen and oxygen atoms in total. The molecule has 0 radical (unpaired) electrons. The van der Waals surface area contributed by atoms with Crippen LogP contribution < -0.4 is 0 Å². The molecule has 0 aromatic carbocycles. The highest BCUT2D eigenvalue weighted by atomic mass is 31.1. The second-order valence-corrected chi connectivity index (χ2v) is 5.40. The Morgan fingerprint density at radius 3 is 2.69 bits per heavy atom. The molecule has 0 spiro atoms. The SMILES string of the molecule is CC(/C=C/[C@H]1CC=CC(=O)O1)=C\C[C@@H](O)\C=C/C=C\C=C\CO.OPO. The van der Waals surface area contributed by atoms with Gasteiger partial charge in [-0.05, 0) is 19.4 Å². The predicted molar refractivity (Wildman–Crippen MR) is 104 cm³/mol. The second kappa shape index (κ2) is 16.6. The molecule has 4 N–H and O–H groups in total. The molecule has 1 rings (SSSR count). The van der Waals surface area contributed by atoms with Crippen LogP contribution in [0.3, 0.4) is 0 Å². The summed E-state index contributed by atoms with van der Waals surface area (Å²) >= 11 is 0. The van der Waals surface area contributed by atoms with Gasteiger partial charge < -0.3 is 24.7 Å². The molecule has 1 aliphatic heterocycles. The maximum atomic E-state index is 11.1. The number of hydrogen-bond donors (Lipinski definition) is 4. The Morgan fingerprint density at radius 1 is 1.35 bits per heavy atom. The average Bonchev–Trinajstić information content (AvgIpc) is 2.62. The monoisotopic (exact) mass is 382 g/mol. The molecule has 1 aliphatic rings. The van der Waals surface area contributed by atoms with E-state index in [1.807, 2.05) is 25.2 Å². The van der Waals surface area contributed by atoms with Crippen molar-refractivity contribution in [1.82, 2.24) is 0 Å². The van der Waals surface area contributed by atoms with Gasteiger partial charge in [-0.3, -0.25) is 0 Å². The first kappa shape index (κ1) is 24.2. The molecule has 0 bridgehead atoms. The van der Waals surface area contributed by atoms with Gasteiger partial charge in [-0.25, -0.2) is 4.79 Å². The lowest BCUT2D eigenvalue weighted by atomic mass is 10.1. The van der Waals surface area contributed by atoms with Gasteiger partial charge in [-0.1, -0.05) is 60.3 Å². The molecule has 0 amide bonds. The lowest BCUT2D eigenvalue weighted by Crippen LogP contribution is -2.17. The van der Waals surface area contributed by atoms with E-state index in [1.54, 1.807) is 42.5 Å². The Balaban J connectivity index is 0.00000194. The molecule has 0 aromatic heterocycles. The number of aliphatic hydroxyl groups excluding tert-OH is 2. The van der Waals surface area contributed by atoms with E-state index >= 15 is 0 Å². The van der Waals surface area contributed by atoms with Crippen LogP contribution in [-0.4, -0.2) is 44.8 Å². The minimum Gasteiger partial charge on any atom is -0.455 e. The molecule has 7 heteroatoms. The summed E-state index contributed by atoms with van der Waals surface area (Å²) in [6, 6.07) is 0. The van der Waals surface area contributed by atoms with Gasteiger partial charge in [0.15, 0.2) is 0 Å². The van der Waals surface area contributed by atoms with E-state index in [4.69, 9.17) is 19.6 Å². The van der Waals surface area contributed by atoms with E-state index in [1.165, 1.54) is 6.08 Å². The minimum atomic E-state index is -0.917. The number of rotatable bonds is 8. The summed E-state index contributed by atoms with van der Waals surface area (Å²) in [5.41, 5.74) is 1.00. The number of aliphatic hydroxyl groups is 2. The van der Waals surface area contributed by atoms with Crippen LogP contribution in [0.5, 0.6) is 0 Å². The molecule has 0 saturated heterocycles. The zero-order valence-corrected chi connectivity index (χ0v) is 15.7. The van der Waals surface area contributed by atoms with Gasteiger partial charge in [0.2, 0.25) is 0 Å². The summed E-state index contributed by atoms with van der Waals surface area (Å²) in [4.78, 5) is 25.4. The van der Waals surface area contributed by atoms with Crippen molar-refractivity contribution >= 4 is 15.0 Å². The standard InChI is InChI=1S/C19H24O4.H3O2P/c1-16(12-14-18-9-7-10-19(22)23-18)11-13-17(21)8-5-3-2-4-6-15-20;1-3-2/h2-8,10-12,14,17-18,20-21H,9,13,15H2,1H3;1-3H/b3-2-,6-4+,8-5-,14-12+,16-11+;/t17-,18+;/m0./s1. The summed E-state index contributed by atoms with van der Waals surface area (Å²) in [5.74, 6) is -0.310. The van der Waals surface area contributed by atoms with Crippen LogP contribution in [0.25, 0.3) is 0 Å². The van der Waals surface area contributed by atoms with Crippen LogP contribution in [0, 0.1) is 0 Å². The fourth-order valence-corrected chi connectivity index (χ4v) is 1.83. The second-order valence-electron chi connectivity index (χ2n) is 5.20. The van der Waals surface area contributed by atoms with Crippen molar-refractivity contribution < 1.29 is 29.5 Å².